The lowest BCUT2D eigenvalue weighted by Gasteiger charge is -2.24. The van der Waals surface area contributed by atoms with Gasteiger partial charge in [-0.3, -0.25) is 4.79 Å². The van der Waals surface area contributed by atoms with Crippen LogP contribution < -0.4 is 10.6 Å². The number of halogens is 1. The van der Waals surface area contributed by atoms with Crippen LogP contribution in [0.25, 0.3) is 10.9 Å². The van der Waals surface area contributed by atoms with E-state index in [2.05, 4.69) is 19.9 Å². The van der Waals surface area contributed by atoms with Crippen molar-refractivity contribution < 1.29 is 13.2 Å². The molecule has 1 amide bonds. The fourth-order valence-corrected chi connectivity index (χ4v) is 4.25. The maximum atomic E-state index is 13.5. The Morgan fingerprint density at radius 3 is 2.55 bits per heavy atom. The third-order valence-electron chi connectivity index (χ3n) is 4.87. The molecule has 1 aromatic carbocycles. The zero-order chi connectivity index (χ0) is 23.8. The van der Waals surface area contributed by atoms with E-state index in [1.807, 2.05) is 0 Å². The average molecular weight is 483 g/mol. The van der Waals surface area contributed by atoms with Crippen molar-refractivity contribution in [3.05, 3.63) is 77.0 Å². The standard InChI is InChI=1S/C22H19ClN6O3S/c1-13-26-10-16(11-27-13)22(30)29(19-4-3-7-25-21(19)33(2,31)32)12-14-5-6-15-9-17(23)20(24)28-18(15)8-14/h3-11H,12H2,1-2H3,(H2,24,28). The van der Waals surface area contributed by atoms with Gasteiger partial charge in [0.1, 0.15) is 11.6 Å². The number of anilines is 2. The van der Waals surface area contributed by atoms with Gasteiger partial charge in [0.15, 0.2) is 14.9 Å². The number of carbonyl (C=O) groups excluding carboxylic acids is 1. The summed E-state index contributed by atoms with van der Waals surface area (Å²) in [6.07, 6.45) is 5.21. The number of sulfone groups is 1. The van der Waals surface area contributed by atoms with Crippen LogP contribution in [0.15, 0.2) is 60.0 Å². The highest BCUT2D eigenvalue weighted by atomic mass is 35.5. The minimum Gasteiger partial charge on any atom is -0.382 e. The van der Waals surface area contributed by atoms with Crippen LogP contribution >= 0.6 is 11.6 Å². The van der Waals surface area contributed by atoms with Crippen LogP contribution in [0.1, 0.15) is 21.7 Å². The first-order chi connectivity index (χ1) is 15.6. The number of fused-ring (bicyclic) bond motifs is 1. The summed E-state index contributed by atoms with van der Waals surface area (Å²) >= 11 is 6.06. The number of nitrogens with zero attached hydrogens (tertiary/aromatic N) is 5. The summed E-state index contributed by atoms with van der Waals surface area (Å²) in [4.78, 5) is 31.3. The molecular formula is C22H19ClN6O3S. The summed E-state index contributed by atoms with van der Waals surface area (Å²) in [5.41, 5.74) is 7.48. The Morgan fingerprint density at radius 2 is 1.85 bits per heavy atom. The van der Waals surface area contributed by atoms with Gasteiger partial charge < -0.3 is 10.6 Å². The number of aryl methyl sites for hydroxylation is 1. The van der Waals surface area contributed by atoms with E-state index in [0.29, 0.717) is 21.9 Å². The smallest absolute Gasteiger partial charge is 0.261 e. The molecule has 0 aliphatic heterocycles. The lowest BCUT2D eigenvalue weighted by atomic mass is 10.1. The Morgan fingerprint density at radius 1 is 1.12 bits per heavy atom. The number of hydrogen-bond acceptors (Lipinski definition) is 8. The molecule has 2 N–H and O–H groups in total. The predicted octanol–water partition coefficient (Wildman–Crippen LogP) is 3.21. The second-order valence-electron chi connectivity index (χ2n) is 7.39. The molecule has 0 radical (unpaired) electrons. The topological polar surface area (TPSA) is 132 Å². The Hall–Kier alpha value is -3.63. The zero-order valence-electron chi connectivity index (χ0n) is 17.7. The fourth-order valence-electron chi connectivity index (χ4n) is 3.28. The first-order valence-corrected chi connectivity index (χ1v) is 12.0. The van der Waals surface area contributed by atoms with Crippen molar-refractivity contribution in [2.24, 2.45) is 0 Å². The Balaban J connectivity index is 1.83. The minimum atomic E-state index is -3.72. The molecule has 0 atom stereocenters. The van der Waals surface area contributed by atoms with Crippen LogP contribution in [-0.4, -0.2) is 40.5 Å². The number of nitrogens with two attached hydrogens (primary N) is 1. The highest BCUT2D eigenvalue weighted by molar-refractivity contribution is 7.90. The quantitative estimate of drug-likeness (QED) is 0.458. The van der Waals surface area contributed by atoms with Crippen LogP contribution in [0, 0.1) is 6.92 Å². The van der Waals surface area contributed by atoms with Gasteiger partial charge in [0.25, 0.3) is 5.91 Å². The highest BCUT2D eigenvalue weighted by Gasteiger charge is 2.26. The lowest BCUT2D eigenvalue weighted by Crippen LogP contribution is -2.32. The summed E-state index contributed by atoms with van der Waals surface area (Å²) in [7, 11) is -3.72. The molecule has 11 heteroatoms. The summed E-state index contributed by atoms with van der Waals surface area (Å²) in [6, 6.07) is 10.2. The number of carbonyl (C=O) groups is 1. The van der Waals surface area contributed by atoms with E-state index in [4.69, 9.17) is 17.3 Å². The van der Waals surface area contributed by atoms with Crippen molar-refractivity contribution in [2.75, 3.05) is 16.9 Å². The number of amides is 1. The van der Waals surface area contributed by atoms with Gasteiger partial charge in [-0.2, -0.15) is 0 Å². The van der Waals surface area contributed by atoms with Crippen molar-refractivity contribution >= 4 is 49.8 Å². The van der Waals surface area contributed by atoms with Crippen molar-refractivity contribution in [3.63, 3.8) is 0 Å². The predicted molar refractivity (Wildman–Crippen MR) is 126 cm³/mol. The largest absolute Gasteiger partial charge is 0.382 e. The second-order valence-corrected chi connectivity index (χ2v) is 9.73. The molecule has 9 nitrogen and oxygen atoms in total. The van der Waals surface area contributed by atoms with Gasteiger partial charge in [0.05, 0.1) is 28.3 Å². The number of benzene rings is 1. The first kappa shape index (κ1) is 22.6. The summed E-state index contributed by atoms with van der Waals surface area (Å²) < 4.78 is 24.8. The fraction of sp³-hybridized carbons (Fsp3) is 0.136. The molecule has 4 rings (SSSR count). The second kappa shape index (κ2) is 8.72. The van der Waals surface area contributed by atoms with Gasteiger partial charge in [0.2, 0.25) is 0 Å². The molecule has 0 fully saturated rings. The minimum absolute atomic E-state index is 0.0427. The van der Waals surface area contributed by atoms with Crippen molar-refractivity contribution in [1.29, 1.82) is 0 Å². The van der Waals surface area contributed by atoms with E-state index in [1.54, 1.807) is 37.3 Å². The van der Waals surface area contributed by atoms with Gasteiger partial charge in [0, 0.05) is 30.2 Å². The molecule has 0 aliphatic carbocycles. The summed E-state index contributed by atoms with van der Waals surface area (Å²) in [6.45, 7) is 1.75. The SMILES string of the molecule is Cc1ncc(C(=O)N(Cc2ccc3cc(Cl)c(N)nc3c2)c2cccnc2S(C)(=O)=O)cn1. The molecule has 33 heavy (non-hydrogen) atoms. The van der Waals surface area contributed by atoms with Crippen LogP contribution in [0.4, 0.5) is 11.5 Å². The molecule has 4 aromatic rings. The third kappa shape index (κ3) is 4.76. The molecule has 0 saturated heterocycles. The molecule has 0 bridgehead atoms. The molecule has 0 aliphatic rings. The Kier molecular flexibility index (Phi) is 5.96. The van der Waals surface area contributed by atoms with E-state index in [-0.39, 0.29) is 28.6 Å². The monoisotopic (exact) mass is 482 g/mol. The van der Waals surface area contributed by atoms with Crippen molar-refractivity contribution in [2.45, 2.75) is 18.5 Å². The third-order valence-corrected chi connectivity index (χ3v) is 6.19. The van der Waals surface area contributed by atoms with E-state index >= 15 is 0 Å². The average Bonchev–Trinajstić information content (AvgIpc) is 2.78. The zero-order valence-corrected chi connectivity index (χ0v) is 19.3. The van der Waals surface area contributed by atoms with Crippen LogP contribution in [0.2, 0.25) is 5.02 Å². The number of rotatable bonds is 5. The summed E-state index contributed by atoms with van der Waals surface area (Å²) in [5.74, 6) is 0.224. The molecule has 0 unspecified atom stereocenters. The summed E-state index contributed by atoms with van der Waals surface area (Å²) in [5, 5.41) is 0.918. The highest BCUT2D eigenvalue weighted by Crippen LogP contribution is 2.28. The maximum Gasteiger partial charge on any atom is 0.261 e. The number of pyridine rings is 2. The number of aromatic nitrogens is 4. The van der Waals surface area contributed by atoms with Gasteiger partial charge in [-0.15, -0.1) is 0 Å². The van der Waals surface area contributed by atoms with E-state index < -0.39 is 15.7 Å². The van der Waals surface area contributed by atoms with Crippen LogP contribution in [0.3, 0.4) is 0 Å². The molecular weight excluding hydrogens is 464 g/mol. The lowest BCUT2D eigenvalue weighted by molar-refractivity contribution is 0.0983. The molecule has 0 spiro atoms. The van der Waals surface area contributed by atoms with Crippen molar-refractivity contribution in [3.8, 4) is 0 Å². The van der Waals surface area contributed by atoms with Crippen molar-refractivity contribution in [1.82, 2.24) is 19.9 Å². The normalized spacial score (nSPS) is 11.5. The van der Waals surface area contributed by atoms with Gasteiger partial charge >= 0.3 is 0 Å². The van der Waals surface area contributed by atoms with E-state index in [1.165, 1.54) is 29.6 Å². The van der Waals surface area contributed by atoms with Crippen LogP contribution in [-0.2, 0) is 16.4 Å². The number of nitrogen functional groups attached to an aromatic ring is 1. The molecule has 0 saturated carbocycles. The molecule has 3 aromatic heterocycles. The van der Waals surface area contributed by atoms with Gasteiger partial charge in [-0.1, -0.05) is 23.7 Å². The Bertz CT molecular complexity index is 1480. The Labute approximate surface area is 195 Å². The molecule has 3 heterocycles. The van der Waals surface area contributed by atoms with Gasteiger partial charge in [-0.05, 0) is 36.8 Å². The number of hydrogen-bond donors (Lipinski definition) is 1. The first-order valence-electron chi connectivity index (χ1n) is 9.74. The van der Waals surface area contributed by atoms with E-state index in [9.17, 15) is 13.2 Å². The van der Waals surface area contributed by atoms with E-state index in [0.717, 1.165) is 11.6 Å². The van der Waals surface area contributed by atoms with Gasteiger partial charge in [-0.25, -0.2) is 28.4 Å². The molecule has 168 valence electrons. The maximum absolute atomic E-state index is 13.5. The van der Waals surface area contributed by atoms with Crippen LogP contribution in [0.5, 0.6) is 0 Å².